The number of esters is 1. The number of rotatable bonds is 18. The van der Waals surface area contributed by atoms with Crippen LogP contribution in [0, 0.1) is 36.5 Å². The molecule has 1 aliphatic carbocycles. The van der Waals surface area contributed by atoms with Crippen LogP contribution in [-0.2, 0) is 42.8 Å². The molecule has 50 heavy (non-hydrogen) atoms. The summed E-state index contributed by atoms with van der Waals surface area (Å²) in [6.07, 6.45) is 16.8. The minimum Gasteiger partial charge on any atom is -0.469 e. The van der Waals surface area contributed by atoms with E-state index >= 15 is 0 Å². The molecule has 0 amide bonds. The van der Waals surface area contributed by atoms with Crippen molar-refractivity contribution in [3.05, 3.63) is 54.1 Å². The van der Waals surface area contributed by atoms with Gasteiger partial charge in [0.15, 0.2) is 12.6 Å². The Morgan fingerprint density at radius 2 is 1.74 bits per heavy atom. The standard InChI is InChI=1S/C40H58O9S/c1-5-6-9-16-31(3)35(47-39-19-12-14-27-45-39)26-25-34-33(17-10-7-8-11-18-38(41)44-4)37(29-36(34)48-40-20-13-15-28-46-40)49-50(42,43)32-23-21-30(2)22-24-32/h7,10,21-26,31,33-37,39-40H,8-9,11-20,27-29H2,1-4H3/b10-7-,26-25+/t31?,33-,34-,35-,36-,37-,39?,40?/m1/s1. The lowest BCUT2D eigenvalue weighted by atomic mass is 9.88. The average Bonchev–Trinajstić information content (AvgIpc) is 3.42. The lowest BCUT2D eigenvalue weighted by Gasteiger charge is -2.31. The summed E-state index contributed by atoms with van der Waals surface area (Å²) in [5, 5.41) is 0. The summed E-state index contributed by atoms with van der Waals surface area (Å²) in [4.78, 5) is 11.7. The van der Waals surface area contributed by atoms with E-state index in [9.17, 15) is 13.2 Å². The Kier molecular flexibility index (Phi) is 17.0. The summed E-state index contributed by atoms with van der Waals surface area (Å²) in [7, 11) is -2.65. The van der Waals surface area contributed by atoms with Gasteiger partial charge in [0.2, 0.25) is 0 Å². The van der Waals surface area contributed by atoms with Crippen molar-refractivity contribution < 1.29 is 41.1 Å². The van der Waals surface area contributed by atoms with Crippen molar-refractivity contribution in [3.63, 3.8) is 0 Å². The predicted octanol–water partition coefficient (Wildman–Crippen LogP) is 7.81. The van der Waals surface area contributed by atoms with E-state index in [1.165, 1.54) is 7.11 Å². The van der Waals surface area contributed by atoms with Gasteiger partial charge in [0.1, 0.15) is 0 Å². The Morgan fingerprint density at radius 3 is 2.40 bits per heavy atom. The van der Waals surface area contributed by atoms with Gasteiger partial charge in [-0.1, -0.05) is 48.9 Å². The highest BCUT2D eigenvalue weighted by molar-refractivity contribution is 7.86. The normalized spacial score (nSPS) is 27.2. The first kappa shape index (κ1) is 40.3. The first-order valence-electron chi connectivity index (χ1n) is 18.5. The molecule has 0 N–H and O–H groups in total. The minimum absolute atomic E-state index is 0.136. The van der Waals surface area contributed by atoms with Crippen molar-refractivity contribution in [2.24, 2.45) is 17.8 Å². The summed E-state index contributed by atoms with van der Waals surface area (Å²) >= 11 is 0. The zero-order valence-corrected chi connectivity index (χ0v) is 31.2. The Bertz CT molecular complexity index is 1380. The number of ether oxygens (including phenoxy) is 5. The SMILES string of the molecule is CC#CCCC(C)[C@@H](/C=C/[C@@H]1[C@@H](C/C=C\CCCC(=O)OC)[C@H](OS(=O)(=O)c2ccc(C)cc2)C[C@H]1OC1CCCCO1)OC1CCCCO1. The van der Waals surface area contributed by atoms with Crippen LogP contribution in [0.2, 0.25) is 0 Å². The van der Waals surface area contributed by atoms with Gasteiger partial charge >= 0.3 is 5.97 Å². The quantitative estimate of drug-likeness (QED) is 0.0495. The number of benzene rings is 1. The molecular formula is C40H58O9S. The second-order valence-corrected chi connectivity index (χ2v) is 15.3. The first-order chi connectivity index (χ1) is 24.2. The van der Waals surface area contributed by atoms with Gasteiger partial charge < -0.3 is 23.7 Å². The minimum atomic E-state index is -4.04. The van der Waals surface area contributed by atoms with E-state index in [0.29, 0.717) is 45.3 Å². The molecule has 1 aromatic carbocycles. The second-order valence-electron chi connectivity index (χ2n) is 13.7. The number of carbonyl (C=O) groups is 1. The fraction of sp³-hybridized carbons (Fsp3) is 0.675. The number of hydrogen-bond acceptors (Lipinski definition) is 9. The lowest BCUT2D eigenvalue weighted by molar-refractivity contribution is -0.193. The number of hydrogen-bond donors (Lipinski definition) is 0. The van der Waals surface area contributed by atoms with Crippen LogP contribution in [0.5, 0.6) is 0 Å². The molecule has 1 saturated carbocycles. The summed E-state index contributed by atoms with van der Waals surface area (Å²) in [6, 6.07) is 6.74. The van der Waals surface area contributed by atoms with Gasteiger partial charge in [-0.25, -0.2) is 0 Å². The molecule has 3 aliphatic rings. The van der Waals surface area contributed by atoms with Gasteiger partial charge in [0.05, 0.1) is 30.3 Å². The molecular weight excluding hydrogens is 656 g/mol. The maximum absolute atomic E-state index is 13.6. The van der Waals surface area contributed by atoms with Crippen LogP contribution < -0.4 is 0 Å². The molecule has 2 aliphatic heterocycles. The van der Waals surface area contributed by atoms with Gasteiger partial charge in [-0.3, -0.25) is 8.98 Å². The number of carbonyl (C=O) groups excluding carboxylic acids is 1. The van der Waals surface area contributed by atoms with E-state index in [2.05, 4.69) is 43.1 Å². The fourth-order valence-corrected chi connectivity index (χ4v) is 8.01. The Hall–Kier alpha value is -2.52. The Labute approximate surface area is 300 Å². The number of methoxy groups -OCH3 is 1. The van der Waals surface area contributed by atoms with Gasteiger partial charge in [0, 0.05) is 38.4 Å². The number of allylic oxidation sites excluding steroid dienone is 2. The van der Waals surface area contributed by atoms with E-state index < -0.39 is 16.2 Å². The Balaban J connectivity index is 1.63. The smallest absolute Gasteiger partial charge is 0.305 e. The van der Waals surface area contributed by atoms with E-state index in [1.54, 1.807) is 24.3 Å². The highest BCUT2D eigenvalue weighted by atomic mass is 32.2. The molecule has 0 spiro atoms. The molecule has 10 heteroatoms. The van der Waals surface area contributed by atoms with Gasteiger partial charge in [-0.05, 0) is 102 Å². The van der Waals surface area contributed by atoms with Crippen molar-refractivity contribution in [3.8, 4) is 11.8 Å². The molecule has 2 saturated heterocycles. The van der Waals surface area contributed by atoms with Crippen LogP contribution in [-0.4, -0.2) is 65.6 Å². The molecule has 3 unspecified atom stereocenters. The van der Waals surface area contributed by atoms with E-state index in [4.69, 9.17) is 27.9 Å². The largest absolute Gasteiger partial charge is 0.469 e. The zero-order valence-electron chi connectivity index (χ0n) is 30.4. The zero-order chi connectivity index (χ0) is 35.8. The maximum atomic E-state index is 13.6. The Morgan fingerprint density at radius 1 is 1.02 bits per heavy atom. The van der Waals surface area contributed by atoms with Crippen molar-refractivity contribution in [2.75, 3.05) is 20.3 Å². The second kappa shape index (κ2) is 21.1. The fourth-order valence-electron chi connectivity index (χ4n) is 6.88. The van der Waals surface area contributed by atoms with Crippen molar-refractivity contribution in [1.29, 1.82) is 0 Å². The van der Waals surface area contributed by atoms with Crippen LogP contribution in [0.15, 0.2) is 53.5 Å². The van der Waals surface area contributed by atoms with Crippen LogP contribution >= 0.6 is 0 Å². The molecule has 278 valence electrons. The predicted molar refractivity (Wildman–Crippen MR) is 192 cm³/mol. The van der Waals surface area contributed by atoms with Crippen LogP contribution in [0.25, 0.3) is 0 Å². The molecule has 8 atom stereocenters. The molecule has 3 fully saturated rings. The van der Waals surface area contributed by atoms with E-state index in [-0.39, 0.29) is 53.4 Å². The highest BCUT2D eigenvalue weighted by Gasteiger charge is 2.46. The molecule has 0 aromatic heterocycles. The van der Waals surface area contributed by atoms with Crippen LogP contribution in [0.4, 0.5) is 0 Å². The number of aryl methyl sites for hydroxylation is 1. The van der Waals surface area contributed by atoms with Gasteiger partial charge in [-0.2, -0.15) is 8.42 Å². The van der Waals surface area contributed by atoms with Gasteiger partial charge in [-0.15, -0.1) is 11.8 Å². The first-order valence-corrected chi connectivity index (χ1v) is 19.9. The highest BCUT2D eigenvalue weighted by Crippen LogP contribution is 2.42. The van der Waals surface area contributed by atoms with Gasteiger partial charge in [0.25, 0.3) is 10.1 Å². The monoisotopic (exact) mass is 714 g/mol. The average molecular weight is 715 g/mol. The molecule has 1 aromatic rings. The summed E-state index contributed by atoms with van der Waals surface area (Å²) in [5.74, 6) is 5.76. The summed E-state index contributed by atoms with van der Waals surface area (Å²) < 4.78 is 63.4. The molecule has 4 rings (SSSR count). The third-order valence-corrected chi connectivity index (χ3v) is 11.2. The van der Waals surface area contributed by atoms with Crippen LogP contribution in [0.3, 0.4) is 0 Å². The topological polar surface area (TPSA) is 107 Å². The van der Waals surface area contributed by atoms with E-state index in [0.717, 1.165) is 56.9 Å². The van der Waals surface area contributed by atoms with Crippen molar-refractivity contribution in [1.82, 2.24) is 0 Å². The molecule has 0 bridgehead atoms. The molecule has 9 nitrogen and oxygen atoms in total. The maximum Gasteiger partial charge on any atom is 0.305 e. The van der Waals surface area contributed by atoms with E-state index in [1.807, 2.05) is 13.8 Å². The third kappa shape index (κ3) is 12.9. The molecule has 2 heterocycles. The number of unbranched alkanes of at least 4 members (excludes halogenated alkanes) is 1. The van der Waals surface area contributed by atoms with Crippen molar-refractivity contribution in [2.45, 2.75) is 140 Å². The molecule has 0 radical (unpaired) electrons. The van der Waals surface area contributed by atoms with Crippen molar-refractivity contribution >= 4 is 16.1 Å². The lowest BCUT2D eigenvalue weighted by Crippen LogP contribution is -2.32. The van der Waals surface area contributed by atoms with Crippen LogP contribution in [0.1, 0.15) is 103 Å². The summed E-state index contributed by atoms with van der Waals surface area (Å²) in [5.41, 5.74) is 0.970. The third-order valence-electron chi connectivity index (χ3n) is 9.88. The summed E-state index contributed by atoms with van der Waals surface area (Å²) in [6.45, 7) is 7.30.